The average Bonchev–Trinajstić information content (AvgIpc) is 2.75. The van der Waals surface area contributed by atoms with Crippen molar-refractivity contribution in [2.75, 3.05) is 0 Å². The minimum atomic E-state index is -1.47. The number of amides is 4. The van der Waals surface area contributed by atoms with Crippen molar-refractivity contribution < 1.29 is 89.3 Å². The van der Waals surface area contributed by atoms with E-state index in [0.717, 1.165) is 6.42 Å². The van der Waals surface area contributed by atoms with Gasteiger partial charge in [0.2, 0.25) is 17.7 Å². The number of rotatable bonds is 14. The van der Waals surface area contributed by atoms with Gasteiger partial charge in [-0.3, -0.25) is 19.2 Å². The van der Waals surface area contributed by atoms with Crippen LogP contribution in [0.1, 0.15) is 42.4 Å². The smallest absolute Gasteiger partial charge is 0.308 e. The van der Waals surface area contributed by atoms with E-state index in [2.05, 4.69) is 33.9 Å². The summed E-state index contributed by atoms with van der Waals surface area (Å²) in [5.74, 6) is -4.09. The molecule has 0 aromatic heterocycles. The Morgan fingerprint density at radius 3 is 2.06 bits per heavy atom. The molecule has 0 aliphatic carbocycles. The van der Waals surface area contributed by atoms with E-state index in [9.17, 15) is 33.6 Å². The Balaban J connectivity index is -0.00000544. The molecule has 0 aromatic rings. The van der Waals surface area contributed by atoms with Crippen molar-refractivity contribution in [1.82, 2.24) is 21.3 Å². The number of thiol groups is 1. The first-order valence-corrected chi connectivity index (χ1v) is 10.5. The van der Waals surface area contributed by atoms with Gasteiger partial charge in [0.1, 0.15) is 25.8 Å². The van der Waals surface area contributed by atoms with Gasteiger partial charge in [-0.2, -0.15) is 19.6 Å². The quantitative estimate of drug-likeness (QED) is 0.0591. The van der Waals surface area contributed by atoms with Crippen molar-refractivity contribution in [2.24, 2.45) is 0 Å². The van der Waals surface area contributed by atoms with Crippen LogP contribution in [0.5, 0.6) is 0 Å². The minimum Gasteiger partial charge on any atom is -0.540 e. The van der Waals surface area contributed by atoms with Gasteiger partial charge in [-0.05, 0) is 20.8 Å². The van der Waals surface area contributed by atoms with Gasteiger partial charge in [0.15, 0.2) is 0 Å². The fraction of sp³-hybridized carbons (Fsp3) is 0.600. The van der Waals surface area contributed by atoms with E-state index in [1.165, 1.54) is 34.6 Å². The van der Waals surface area contributed by atoms with E-state index in [-0.39, 0.29) is 49.7 Å². The van der Waals surface area contributed by atoms with E-state index < -0.39 is 77.8 Å². The van der Waals surface area contributed by atoms with Crippen LogP contribution in [0.15, 0.2) is 0 Å². The Bertz CT molecular complexity index is 808. The zero-order valence-electron chi connectivity index (χ0n) is 20.9. The van der Waals surface area contributed by atoms with Crippen molar-refractivity contribution in [1.29, 1.82) is 0 Å². The van der Waals surface area contributed by atoms with Crippen LogP contribution in [0.2, 0.25) is 0 Å². The van der Waals surface area contributed by atoms with E-state index >= 15 is 0 Å². The van der Waals surface area contributed by atoms with Crippen LogP contribution in [0.25, 0.3) is 0 Å². The summed E-state index contributed by atoms with van der Waals surface area (Å²) in [5.41, 5.74) is 0. The third kappa shape index (κ3) is 15.3. The molecule has 0 saturated heterocycles. The second-order valence-corrected chi connectivity index (χ2v) is 7.88. The van der Waals surface area contributed by atoms with Gasteiger partial charge in [-0.25, -0.2) is 6.29 Å². The van der Waals surface area contributed by atoms with Crippen molar-refractivity contribution in [2.45, 2.75) is 76.6 Å². The van der Waals surface area contributed by atoms with Crippen LogP contribution in [0.3, 0.4) is 0 Å². The molecule has 4 N–H and O–H groups in total. The van der Waals surface area contributed by atoms with E-state index in [4.69, 9.17) is 6.11 Å². The molecule has 195 valence electrons. The molecule has 6 unspecified atom stereocenters. The molecular weight excluding hydrogens is 745 g/mol. The Morgan fingerprint density at radius 2 is 1.60 bits per heavy atom. The number of ether oxygens (including phenoxy) is 1. The summed E-state index contributed by atoms with van der Waals surface area (Å²) < 4.78 is 12.2. The third-order valence-electron chi connectivity index (χ3n) is 4.08. The maximum Gasteiger partial charge on any atom is 0.308 e. The predicted octanol–water partition coefficient (Wildman–Crippen LogP) is -1.86. The molecule has 12 nitrogen and oxygen atoms in total. The van der Waals surface area contributed by atoms with Crippen LogP contribution < -0.4 is 21.3 Å². The SMILES string of the molecule is [3H]C(=O)C(C)NC(=O)C(CC(=O)OC(C)C(NC(=O)[CH-]C)C(=O)NC(C)[C-]=O)NC(=O)C(C)S.[U].[V]. The van der Waals surface area contributed by atoms with Crippen molar-refractivity contribution in [3.05, 3.63) is 6.42 Å². The third-order valence-corrected chi connectivity index (χ3v) is 4.32. The van der Waals surface area contributed by atoms with Crippen LogP contribution >= 0.6 is 12.6 Å². The summed E-state index contributed by atoms with van der Waals surface area (Å²) in [6.07, 6.45) is -0.342. The van der Waals surface area contributed by atoms with Gasteiger partial charge in [-0.1, -0.05) is 13.0 Å². The number of aldehydes is 1. The van der Waals surface area contributed by atoms with E-state index in [0.29, 0.717) is 0 Å². The first kappa shape index (κ1) is 35.7. The largest absolute Gasteiger partial charge is 0.540 e. The first-order valence-electron chi connectivity index (χ1n) is 10.5. The summed E-state index contributed by atoms with van der Waals surface area (Å²) in [6.45, 7) is 6.75. The molecule has 0 fully saturated rings. The molecule has 0 rings (SSSR count). The number of hydrogen-bond donors (Lipinski definition) is 5. The van der Waals surface area contributed by atoms with Crippen molar-refractivity contribution in [3.8, 4) is 0 Å². The van der Waals surface area contributed by atoms with Crippen LogP contribution in [-0.2, 0) is 56.9 Å². The number of hydrogen-bond acceptors (Lipinski definition) is 9. The molecule has 0 aliphatic heterocycles. The molecule has 1 radical (unpaired) electrons. The fourth-order valence-electron chi connectivity index (χ4n) is 2.30. The molecule has 0 heterocycles. The average molecular weight is 778 g/mol. The number of carbonyl (C=O) groups excluding carboxylic acids is 7. The monoisotopic (exact) mass is 777 g/mol. The molecule has 0 saturated carbocycles. The number of esters is 1. The van der Waals surface area contributed by atoms with Gasteiger partial charge in [0.05, 0.1) is 23.6 Å². The van der Waals surface area contributed by atoms with E-state index in [1.54, 1.807) is 6.29 Å². The Hall–Kier alpha value is -1.45. The summed E-state index contributed by atoms with van der Waals surface area (Å²) in [5, 5.41) is 8.28. The van der Waals surface area contributed by atoms with Gasteiger partial charge < -0.3 is 46.8 Å². The summed E-state index contributed by atoms with van der Waals surface area (Å²) in [7, 11) is 0. The molecule has 4 amide bonds. The van der Waals surface area contributed by atoms with Gasteiger partial charge in [0, 0.05) is 49.7 Å². The van der Waals surface area contributed by atoms with Crippen LogP contribution in [0, 0.1) is 37.5 Å². The van der Waals surface area contributed by atoms with Crippen LogP contribution in [0.4, 0.5) is 0 Å². The molecular formula is C20H30N4O8SUV-2. The molecule has 0 aromatic carbocycles. The Morgan fingerprint density at radius 1 is 1.03 bits per heavy atom. The number of nitrogens with one attached hydrogen (secondary N) is 4. The standard InChI is InChI=1S/C20H30N4O8S.U.V/c1-6-15(27)24-17(20(31)22-11(3)9-26)12(4)32-16(28)7-14(23-18(29)13(5)33)19(30)21-10(2)8-25;;/h6,8,10-14,17,33H,7H2,1-5H3,(H,21,30)(H,22,31)(H,23,29)(H,24,27);;/q-2;;/i8T;;. The summed E-state index contributed by atoms with van der Waals surface area (Å²) in [6, 6.07) is -5.04. The Labute approximate surface area is 247 Å². The van der Waals surface area contributed by atoms with Gasteiger partial charge in [-0.15, -0.1) is 0 Å². The van der Waals surface area contributed by atoms with Crippen molar-refractivity contribution in [3.63, 3.8) is 0 Å². The molecule has 0 aliphatic rings. The van der Waals surface area contributed by atoms with Crippen molar-refractivity contribution >= 4 is 54.8 Å². The maximum absolute atomic E-state index is 12.5. The second-order valence-electron chi connectivity index (χ2n) is 7.11. The second kappa shape index (κ2) is 19.7. The first-order chi connectivity index (χ1) is 15.7. The van der Waals surface area contributed by atoms with E-state index in [1.807, 2.05) is 0 Å². The number of carbonyl (C=O) groups is 6. The maximum atomic E-state index is 12.5. The summed E-state index contributed by atoms with van der Waals surface area (Å²) in [4.78, 5) is 83.0. The zero-order valence-corrected chi connectivity index (χ0v) is 26.4. The minimum absolute atomic E-state index is 0. The molecule has 15 heteroatoms. The molecule has 35 heavy (non-hydrogen) atoms. The fourth-order valence-corrected chi connectivity index (χ4v) is 2.38. The van der Waals surface area contributed by atoms with Crippen LogP contribution in [-0.4, -0.2) is 77.7 Å². The molecule has 0 spiro atoms. The van der Waals surface area contributed by atoms with Gasteiger partial charge >= 0.3 is 5.97 Å². The van der Waals surface area contributed by atoms with Gasteiger partial charge in [0.25, 0.3) is 0 Å². The Kier molecular flexibility index (Phi) is 20.1. The topological polar surface area (TPSA) is 177 Å². The molecule has 6 atom stereocenters. The zero-order chi connectivity index (χ0) is 26.6. The normalized spacial score (nSPS) is 15.3. The predicted molar refractivity (Wildman–Crippen MR) is 119 cm³/mol. The molecule has 0 bridgehead atoms. The summed E-state index contributed by atoms with van der Waals surface area (Å²) >= 11 is 3.95.